The van der Waals surface area contributed by atoms with Crippen LogP contribution in [-0.2, 0) is 25.6 Å². The fourth-order valence-electron chi connectivity index (χ4n) is 3.09. The van der Waals surface area contributed by atoms with Crippen LogP contribution in [0.5, 0.6) is 23.0 Å². The molecule has 8 heteroatoms. The molecule has 0 fully saturated rings. The first-order valence-corrected chi connectivity index (χ1v) is 10.7. The lowest BCUT2D eigenvalue weighted by molar-refractivity contribution is -0.134. The molecule has 3 aromatic rings. The zero-order valence-electron chi connectivity index (χ0n) is 19.2. The topological polar surface area (TPSA) is 105 Å². The van der Waals surface area contributed by atoms with Gasteiger partial charge < -0.3 is 18.9 Å². The average Bonchev–Trinajstić information content (AvgIpc) is 2.88. The van der Waals surface area contributed by atoms with Gasteiger partial charge in [0.15, 0.2) is 11.5 Å². The highest BCUT2D eigenvalue weighted by molar-refractivity contribution is 5.88. The van der Waals surface area contributed by atoms with Gasteiger partial charge in [-0.25, -0.2) is 14.4 Å². The van der Waals surface area contributed by atoms with Crippen molar-refractivity contribution >= 4 is 34.6 Å². The Hall–Kier alpha value is -4.98. The Kier molecular flexibility index (Phi) is 8.50. The maximum atomic E-state index is 12.4. The van der Waals surface area contributed by atoms with Crippen LogP contribution in [0.2, 0.25) is 0 Å². The first kappa shape index (κ1) is 25.6. The molecule has 0 spiro atoms. The molecular formula is C28H22O8. The van der Waals surface area contributed by atoms with Crippen molar-refractivity contribution in [2.45, 2.75) is 12.8 Å². The zero-order valence-corrected chi connectivity index (χ0v) is 19.2. The van der Waals surface area contributed by atoms with Crippen LogP contribution in [0.4, 0.5) is 0 Å². The van der Waals surface area contributed by atoms with E-state index < -0.39 is 23.9 Å². The normalized spacial score (nSPS) is 10.1. The summed E-state index contributed by atoms with van der Waals surface area (Å²) in [5.41, 5.74) is 0.650. The third-order valence-corrected chi connectivity index (χ3v) is 4.78. The molecule has 0 aliphatic heterocycles. The predicted octanol–water partition coefficient (Wildman–Crippen LogP) is 4.65. The molecule has 3 rings (SSSR count). The number of aryl methyl sites for hydroxylation is 1. The molecule has 0 saturated carbocycles. The fourth-order valence-corrected chi connectivity index (χ4v) is 3.09. The summed E-state index contributed by atoms with van der Waals surface area (Å²) in [4.78, 5) is 47.0. The summed E-state index contributed by atoms with van der Waals surface area (Å²) in [5.74, 6) is -1.71. The molecule has 0 radical (unpaired) electrons. The Labute approximate surface area is 207 Å². The molecule has 36 heavy (non-hydrogen) atoms. The average molecular weight is 486 g/mol. The van der Waals surface area contributed by atoms with Gasteiger partial charge in [-0.3, -0.25) is 4.79 Å². The van der Waals surface area contributed by atoms with Crippen molar-refractivity contribution in [2.75, 3.05) is 0 Å². The summed E-state index contributed by atoms with van der Waals surface area (Å²) in [5, 5.41) is 1.58. The number of carbonyl (C=O) groups excluding carboxylic acids is 4. The van der Waals surface area contributed by atoms with Crippen molar-refractivity contribution in [3.63, 3.8) is 0 Å². The smallest absolute Gasteiger partial charge is 0.335 e. The Morgan fingerprint density at radius 2 is 1.14 bits per heavy atom. The minimum absolute atomic E-state index is 0.00800. The first-order chi connectivity index (χ1) is 17.3. The first-order valence-electron chi connectivity index (χ1n) is 10.7. The SMILES string of the molecule is C=CC(=O)Oc1ccc2cc(OC(=O)CCc3ccc(OC(=O)C=C)c(OC(=O)C=C)c3)ccc2c1. The van der Waals surface area contributed by atoms with Gasteiger partial charge in [-0.15, -0.1) is 0 Å². The molecule has 0 atom stereocenters. The van der Waals surface area contributed by atoms with Crippen LogP contribution in [0.15, 0.2) is 92.6 Å². The third kappa shape index (κ3) is 7.01. The lowest BCUT2D eigenvalue weighted by Crippen LogP contribution is -2.10. The van der Waals surface area contributed by atoms with E-state index in [4.69, 9.17) is 18.9 Å². The van der Waals surface area contributed by atoms with Crippen LogP contribution in [-0.4, -0.2) is 23.9 Å². The Morgan fingerprint density at radius 3 is 1.72 bits per heavy atom. The molecule has 8 nitrogen and oxygen atoms in total. The van der Waals surface area contributed by atoms with Crippen molar-refractivity contribution < 1.29 is 38.1 Å². The number of fused-ring (bicyclic) bond motifs is 1. The van der Waals surface area contributed by atoms with Crippen molar-refractivity contribution in [3.05, 3.63) is 98.1 Å². The molecule has 0 aromatic heterocycles. The maximum Gasteiger partial charge on any atom is 0.335 e. The minimum atomic E-state index is -0.732. The summed E-state index contributed by atoms with van der Waals surface area (Å²) in [6, 6.07) is 14.7. The van der Waals surface area contributed by atoms with E-state index in [0.717, 1.165) is 29.0 Å². The molecule has 182 valence electrons. The molecule has 0 heterocycles. The molecule has 3 aromatic carbocycles. The largest absolute Gasteiger partial charge is 0.426 e. The van der Waals surface area contributed by atoms with E-state index >= 15 is 0 Å². The van der Waals surface area contributed by atoms with Crippen LogP contribution >= 0.6 is 0 Å². The number of hydrogen-bond donors (Lipinski definition) is 0. The van der Waals surface area contributed by atoms with Gasteiger partial charge in [0.1, 0.15) is 11.5 Å². The van der Waals surface area contributed by atoms with Crippen molar-refractivity contribution in [1.82, 2.24) is 0 Å². The molecule has 0 bridgehead atoms. The second-order valence-electron chi connectivity index (χ2n) is 7.30. The van der Waals surface area contributed by atoms with E-state index in [2.05, 4.69) is 19.7 Å². The number of hydrogen-bond acceptors (Lipinski definition) is 8. The number of rotatable bonds is 10. The number of carbonyl (C=O) groups is 4. The lowest BCUT2D eigenvalue weighted by atomic mass is 10.1. The maximum absolute atomic E-state index is 12.4. The van der Waals surface area contributed by atoms with E-state index in [1.165, 1.54) is 12.1 Å². The fraction of sp³-hybridized carbons (Fsp3) is 0.0714. The highest BCUT2D eigenvalue weighted by Crippen LogP contribution is 2.30. The Bertz CT molecular complexity index is 1370. The van der Waals surface area contributed by atoms with E-state index in [0.29, 0.717) is 17.1 Å². The molecular weight excluding hydrogens is 464 g/mol. The van der Waals surface area contributed by atoms with Gasteiger partial charge in [-0.1, -0.05) is 37.9 Å². The predicted molar refractivity (Wildman–Crippen MR) is 132 cm³/mol. The Balaban J connectivity index is 1.66. The summed E-state index contributed by atoms with van der Waals surface area (Å²) in [6.45, 7) is 10.0. The van der Waals surface area contributed by atoms with E-state index in [1.807, 2.05) is 0 Å². The van der Waals surface area contributed by atoms with Gasteiger partial charge in [0.2, 0.25) is 0 Å². The summed E-state index contributed by atoms with van der Waals surface area (Å²) in [7, 11) is 0. The van der Waals surface area contributed by atoms with Crippen LogP contribution in [0.1, 0.15) is 12.0 Å². The monoisotopic (exact) mass is 486 g/mol. The number of benzene rings is 3. The number of ether oxygens (including phenoxy) is 4. The zero-order chi connectivity index (χ0) is 26.1. The van der Waals surface area contributed by atoms with E-state index in [1.54, 1.807) is 42.5 Å². The highest BCUT2D eigenvalue weighted by atomic mass is 16.6. The molecule has 0 unspecified atom stereocenters. The van der Waals surface area contributed by atoms with Gasteiger partial charge in [0, 0.05) is 24.6 Å². The summed E-state index contributed by atoms with van der Waals surface area (Å²) < 4.78 is 20.8. The van der Waals surface area contributed by atoms with E-state index in [9.17, 15) is 19.2 Å². The molecule has 0 aliphatic carbocycles. The van der Waals surface area contributed by atoms with Gasteiger partial charge in [-0.2, -0.15) is 0 Å². The lowest BCUT2D eigenvalue weighted by Gasteiger charge is -2.11. The molecule has 0 aliphatic rings. The van der Waals surface area contributed by atoms with Crippen molar-refractivity contribution in [3.8, 4) is 23.0 Å². The van der Waals surface area contributed by atoms with Crippen molar-refractivity contribution in [2.24, 2.45) is 0 Å². The second kappa shape index (κ2) is 11.9. The number of esters is 4. The minimum Gasteiger partial charge on any atom is -0.426 e. The molecule has 0 saturated heterocycles. The molecule has 0 N–H and O–H groups in total. The van der Waals surface area contributed by atoms with Crippen LogP contribution in [0, 0.1) is 0 Å². The van der Waals surface area contributed by atoms with E-state index in [-0.39, 0.29) is 24.3 Å². The standard InChI is InChI=1S/C28H22O8/c1-4-25(29)33-21-11-9-20-17-22(12-10-19(20)16-21)34-28(32)14-8-18-7-13-23(35-26(30)5-2)24(15-18)36-27(31)6-3/h4-7,9-13,15-17H,1-3,8,14H2. The Morgan fingerprint density at radius 1 is 0.611 bits per heavy atom. The van der Waals surface area contributed by atoms with Gasteiger partial charge in [-0.05, 0) is 59.2 Å². The van der Waals surface area contributed by atoms with Gasteiger partial charge in [0.25, 0.3) is 0 Å². The van der Waals surface area contributed by atoms with Crippen LogP contribution in [0.3, 0.4) is 0 Å². The summed E-state index contributed by atoms with van der Waals surface area (Å²) in [6.07, 6.45) is 3.34. The van der Waals surface area contributed by atoms with Crippen molar-refractivity contribution in [1.29, 1.82) is 0 Å². The quantitative estimate of drug-likeness (QED) is 0.232. The second-order valence-corrected chi connectivity index (χ2v) is 7.30. The third-order valence-electron chi connectivity index (χ3n) is 4.78. The van der Waals surface area contributed by atoms with Gasteiger partial charge >= 0.3 is 23.9 Å². The van der Waals surface area contributed by atoms with Crippen LogP contribution < -0.4 is 18.9 Å². The van der Waals surface area contributed by atoms with Gasteiger partial charge in [0.05, 0.1) is 0 Å². The molecule has 0 amide bonds. The van der Waals surface area contributed by atoms with Crippen LogP contribution in [0.25, 0.3) is 10.8 Å². The highest BCUT2D eigenvalue weighted by Gasteiger charge is 2.14. The summed E-state index contributed by atoms with van der Waals surface area (Å²) >= 11 is 0.